The second-order valence-electron chi connectivity index (χ2n) is 7.47. The molecule has 4 rings (SSSR count). The molecular weight excluding hydrogens is 472 g/mol. The topological polar surface area (TPSA) is 75.2 Å². The lowest BCUT2D eigenvalue weighted by atomic mass is 10.0. The maximum Gasteiger partial charge on any atom is 0.272 e. The van der Waals surface area contributed by atoms with Gasteiger partial charge in [-0.15, -0.1) is 0 Å². The van der Waals surface area contributed by atoms with Crippen LogP contribution in [0.5, 0.6) is 11.5 Å². The molecule has 0 radical (unpaired) electrons. The van der Waals surface area contributed by atoms with Gasteiger partial charge in [0.05, 0.1) is 25.6 Å². The van der Waals surface area contributed by atoms with Gasteiger partial charge in [0.25, 0.3) is 5.91 Å². The molecule has 1 unspecified atom stereocenters. The van der Waals surface area contributed by atoms with Crippen LogP contribution in [0, 0.1) is 0 Å². The number of nitrogens with one attached hydrogen (secondary N) is 2. The van der Waals surface area contributed by atoms with Crippen LogP contribution in [-0.2, 0) is 4.79 Å². The van der Waals surface area contributed by atoms with Gasteiger partial charge >= 0.3 is 0 Å². The third-order valence-electron chi connectivity index (χ3n) is 5.35. The first-order valence-electron chi connectivity index (χ1n) is 10.4. The molecule has 0 fully saturated rings. The minimum atomic E-state index is -0.952. The van der Waals surface area contributed by atoms with Crippen LogP contribution in [0.2, 0.25) is 5.02 Å². The van der Waals surface area contributed by atoms with E-state index in [1.54, 1.807) is 50.4 Å². The molecule has 0 saturated heterocycles. The van der Waals surface area contributed by atoms with Crippen LogP contribution in [0.4, 0.5) is 11.4 Å². The molecule has 9 heteroatoms. The zero-order valence-electron chi connectivity index (χ0n) is 18.8. The molecule has 3 aromatic carbocycles. The summed E-state index contributed by atoms with van der Waals surface area (Å²) in [6.07, 6.45) is -0.952. The zero-order valence-corrected chi connectivity index (χ0v) is 20.4. The number of fused-ring (bicyclic) bond motifs is 1. The lowest BCUT2D eigenvalue weighted by Gasteiger charge is -2.22. The third kappa shape index (κ3) is 4.83. The summed E-state index contributed by atoms with van der Waals surface area (Å²) < 4.78 is 10.6. The normalized spacial score (nSPS) is 15.1. The van der Waals surface area contributed by atoms with Crippen LogP contribution in [0.1, 0.15) is 11.1 Å². The Bertz CT molecular complexity index is 1270. The highest BCUT2D eigenvalue weighted by atomic mass is 35.5. The molecular formula is C25H23ClN4O3S. The first-order chi connectivity index (χ1) is 16.4. The second kappa shape index (κ2) is 10.1. The van der Waals surface area contributed by atoms with E-state index in [-0.39, 0.29) is 11.0 Å². The van der Waals surface area contributed by atoms with Crippen molar-refractivity contribution in [1.29, 1.82) is 0 Å². The van der Waals surface area contributed by atoms with Crippen LogP contribution in [0.3, 0.4) is 0 Å². The summed E-state index contributed by atoms with van der Waals surface area (Å²) in [4.78, 5) is 19.7. The Balaban J connectivity index is 1.67. The Labute approximate surface area is 208 Å². The van der Waals surface area contributed by atoms with Crippen LogP contribution < -0.4 is 25.0 Å². The minimum absolute atomic E-state index is 0.235. The number of benzodiazepines with no additional fused rings is 1. The molecule has 3 aromatic rings. The quantitative estimate of drug-likeness (QED) is 0.509. The van der Waals surface area contributed by atoms with Crippen molar-refractivity contribution >= 4 is 51.9 Å². The standard InChI is InChI=1S/C25H23ClN4O3S/c1-30-19-11-9-16(26)13-18(19)22(15-7-5-4-6-8-15)28-23(24(30)31)29-25(34)27-17-10-12-20(32-2)21(14-17)33-3/h4-14,23H,1-3H3,(H2,27,29,34). The molecule has 1 amide bonds. The summed E-state index contributed by atoms with van der Waals surface area (Å²) in [5.74, 6) is 0.893. The van der Waals surface area contributed by atoms with Crippen molar-refractivity contribution in [3.05, 3.63) is 82.9 Å². The van der Waals surface area contributed by atoms with Gasteiger partial charge in [0.2, 0.25) is 6.17 Å². The van der Waals surface area contributed by atoms with E-state index in [2.05, 4.69) is 10.6 Å². The number of ether oxygens (including phenoxy) is 2. The van der Waals surface area contributed by atoms with Gasteiger partial charge in [-0.3, -0.25) is 4.79 Å². The number of aliphatic imine (C=N–C) groups is 1. The summed E-state index contributed by atoms with van der Waals surface area (Å²) in [6, 6.07) is 20.4. The van der Waals surface area contributed by atoms with Gasteiger partial charge in [-0.2, -0.15) is 0 Å². The number of benzene rings is 3. The highest BCUT2D eigenvalue weighted by Crippen LogP contribution is 2.31. The molecule has 1 heterocycles. The highest BCUT2D eigenvalue weighted by molar-refractivity contribution is 7.80. The van der Waals surface area contributed by atoms with Crippen molar-refractivity contribution < 1.29 is 14.3 Å². The number of thiocarbonyl (C=S) groups is 1. The van der Waals surface area contributed by atoms with Gasteiger partial charge in [0.1, 0.15) is 0 Å². The summed E-state index contributed by atoms with van der Waals surface area (Å²) in [7, 11) is 4.83. The van der Waals surface area contributed by atoms with Gasteiger partial charge in [-0.25, -0.2) is 4.99 Å². The van der Waals surface area contributed by atoms with E-state index >= 15 is 0 Å². The number of nitrogens with zero attached hydrogens (tertiary/aromatic N) is 2. The van der Waals surface area contributed by atoms with Crippen LogP contribution in [0.25, 0.3) is 0 Å². The number of carbonyl (C=O) groups excluding carboxylic acids is 1. The number of likely N-dealkylation sites (N-methyl/N-ethyl adjacent to an activating group) is 1. The number of amides is 1. The number of anilines is 2. The molecule has 1 aliphatic heterocycles. The van der Waals surface area contributed by atoms with E-state index in [0.717, 1.165) is 11.1 Å². The summed E-state index contributed by atoms with van der Waals surface area (Å²) in [5, 5.41) is 6.91. The van der Waals surface area contributed by atoms with Crippen LogP contribution in [0.15, 0.2) is 71.7 Å². The minimum Gasteiger partial charge on any atom is -0.493 e. The number of hydrogen-bond donors (Lipinski definition) is 2. The van der Waals surface area contributed by atoms with Crippen molar-refractivity contribution in [3.63, 3.8) is 0 Å². The third-order valence-corrected chi connectivity index (χ3v) is 5.81. The van der Waals surface area contributed by atoms with Crippen molar-refractivity contribution in [2.45, 2.75) is 6.17 Å². The van der Waals surface area contributed by atoms with Crippen molar-refractivity contribution in [3.8, 4) is 11.5 Å². The molecule has 0 saturated carbocycles. The van der Waals surface area contributed by atoms with E-state index in [4.69, 9.17) is 38.3 Å². The first kappa shape index (κ1) is 23.5. The largest absolute Gasteiger partial charge is 0.493 e. The Morgan fingerprint density at radius 1 is 1.03 bits per heavy atom. The predicted octanol–water partition coefficient (Wildman–Crippen LogP) is 4.48. The van der Waals surface area contributed by atoms with Gasteiger partial charge < -0.3 is 25.0 Å². The van der Waals surface area contributed by atoms with Crippen LogP contribution in [-0.4, -0.2) is 44.2 Å². The van der Waals surface area contributed by atoms with Crippen LogP contribution >= 0.6 is 23.8 Å². The average molecular weight is 495 g/mol. The number of methoxy groups -OCH3 is 2. The highest BCUT2D eigenvalue weighted by Gasteiger charge is 2.30. The van der Waals surface area contributed by atoms with E-state index in [1.807, 2.05) is 42.5 Å². The molecule has 7 nitrogen and oxygen atoms in total. The summed E-state index contributed by atoms with van der Waals surface area (Å²) >= 11 is 11.8. The molecule has 0 bridgehead atoms. The monoisotopic (exact) mass is 494 g/mol. The number of halogens is 1. The number of rotatable bonds is 5. The van der Waals surface area contributed by atoms with Crippen molar-refractivity contribution in [2.75, 3.05) is 31.5 Å². The molecule has 0 aromatic heterocycles. The fraction of sp³-hybridized carbons (Fsp3) is 0.160. The smallest absolute Gasteiger partial charge is 0.272 e. The summed E-state index contributed by atoms with van der Waals surface area (Å²) in [6.45, 7) is 0. The fourth-order valence-electron chi connectivity index (χ4n) is 3.67. The van der Waals surface area contributed by atoms with Crippen molar-refractivity contribution in [2.24, 2.45) is 4.99 Å². The van der Waals surface area contributed by atoms with E-state index in [1.165, 1.54) is 0 Å². The van der Waals surface area contributed by atoms with Crippen molar-refractivity contribution in [1.82, 2.24) is 5.32 Å². The maximum atomic E-state index is 13.3. The van der Waals surface area contributed by atoms with E-state index < -0.39 is 6.17 Å². The van der Waals surface area contributed by atoms with E-state index in [0.29, 0.717) is 33.6 Å². The SMILES string of the molecule is COc1ccc(NC(=S)NC2N=C(c3ccccc3)c3cc(Cl)ccc3N(C)C2=O)cc1OC. The predicted molar refractivity (Wildman–Crippen MR) is 140 cm³/mol. The fourth-order valence-corrected chi connectivity index (χ4v) is 4.07. The summed E-state index contributed by atoms with van der Waals surface area (Å²) in [5.41, 5.74) is 3.64. The zero-order chi connectivity index (χ0) is 24.2. The molecule has 1 atom stereocenters. The van der Waals surface area contributed by atoms with Gasteiger partial charge in [-0.05, 0) is 42.5 Å². The Hall–Kier alpha value is -3.62. The molecule has 0 spiro atoms. The first-order valence-corrected chi connectivity index (χ1v) is 11.2. The Morgan fingerprint density at radius 2 is 1.76 bits per heavy atom. The maximum absolute atomic E-state index is 13.3. The lowest BCUT2D eigenvalue weighted by molar-refractivity contribution is -0.119. The molecule has 0 aliphatic carbocycles. The number of carbonyl (C=O) groups is 1. The molecule has 174 valence electrons. The Kier molecular flexibility index (Phi) is 7.00. The molecule has 1 aliphatic rings. The average Bonchev–Trinajstić information content (AvgIpc) is 2.94. The molecule has 2 N–H and O–H groups in total. The second-order valence-corrected chi connectivity index (χ2v) is 8.32. The Morgan fingerprint density at radius 3 is 2.47 bits per heavy atom. The number of hydrogen-bond acceptors (Lipinski definition) is 5. The van der Waals surface area contributed by atoms with E-state index in [9.17, 15) is 4.79 Å². The molecule has 34 heavy (non-hydrogen) atoms. The van der Waals surface area contributed by atoms with Gasteiger partial charge in [0.15, 0.2) is 16.6 Å². The van der Waals surface area contributed by atoms with Gasteiger partial charge in [-0.1, -0.05) is 41.9 Å². The van der Waals surface area contributed by atoms with Gasteiger partial charge in [0, 0.05) is 35.0 Å². The lowest BCUT2D eigenvalue weighted by Crippen LogP contribution is -2.47.